The monoisotopic (exact) mass is 432 g/mol. The van der Waals surface area contributed by atoms with Gasteiger partial charge in [-0.05, 0) is 66.1 Å². The van der Waals surface area contributed by atoms with E-state index in [1.807, 2.05) is 35.0 Å². The standard InChI is InChI=1S/C26H32N4O2/c27-26(32)22-9-6-20(7-10-22)23-11-8-21-12-15-30(24(21)16-23)18-25(31)29-14-13-28-17-19-4-2-1-3-5-19/h6-12,15-16,19,28H,1-5,13-14,17-18H2,(H2,27,32)(H,29,31). The lowest BCUT2D eigenvalue weighted by molar-refractivity contribution is -0.121. The van der Waals surface area contributed by atoms with E-state index in [-0.39, 0.29) is 12.5 Å². The Morgan fingerprint density at radius 3 is 2.44 bits per heavy atom. The fraction of sp³-hybridized carbons (Fsp3) is 0.385. The molecule has 3 aromatic rings. The zero-order chi connectivity index (χ0) is 22.3. The Morgan fingerprint density at radius 1 is 0.938 bits per heavy atom. The summed E-state index contributed by atoms with van der Waals surface area (Å²) < 4.78 is 1.97. The van der Waals surface area contributed by atoms with Gasteiger partial charge in [0, 0.05) is 30.4 Å². The summed E-state index contributed by atoms with van der Waals surface area (Å²) in [5, 5.41) is 7.59. The molecule has 0 radical (unpaired) electrons. The number of fused-ring (bicyclic) bond motifs is 1. The molecule has 1 saturated carbocycles. The van der Waals surface area contributed by atoms with Crippen LogP contribution in [0.1, 0.15) is 42.5 Å². The van der Waals surface area contributed by atoms with Gasteiger partial charge in [0.05, 0.1) is 0 Å². The Morgan fingerprint density at radius 2 is 1.69 bits per heavy atom. The Labute approximate surface area is 189 Å². The molecule has 1 aromatic heterocycles. The number of nitrogens with zero attached hydrogens (tertiary/aromatic N) is 1. The molecule has 1 heterocycles. The van der Waals surface area contributed by atoms with E-state index in [1.54, 1.807) is 12.1 Å². The van der Waals surface area contributed by atoms with Crippen LogP contribution in [-0.4, -0.2) is 36.0 Å². The fourth-order valence-corrected chi connectivity index (χ4v) is 4.53. The largest absolute Gasteiger partial charge is 0.366 e. The molecule has 6 heteroatoms. The van der Waals surface area contributed by atoms with Crippen molar-refractivity contribution in [2.24, 2.45) is 11.7 Å². The van der Waals surface area contributed by atoms with Crippen molar-refractivity contribution in [1.29, 1.82) is 0 Å². The zero-order valence-corrected chi connectivity index (χ0v) is 18.5. The highest BCUT2D eigenvalue weighted by molar-refractivity contribution is 5.93. The minimum Gasteiger partial charge on any atom is -0.366 e. The molecule has 0 unspecified atom stereocenters. The van der Waals surface area contributed by atoms with Gasteiger partial charge in [-0.2, -0.15) is 0 Å². The third-order valence-electron chi connectivity index (χ3n) is 6.37. The highest BCUT2D eigenvalue weighted by Gasteiger charge is 2.12. The lowest BCUT2D eigenvalue weighted by Gasteiger charge is -2.21. The molecule has 4 N–H and O–H groups in total. The van der Waals surface area contributed by atoms with Crippen LogP contribution in [0.5, 0.6) is 0 Å². The molecule has 0 aliphatic heterocycles. The van der Waals surface area contributed by atoms with Gasteiger partial charge in [0.25, 0.3) is 0 Å². The summed E-state index contributed by atoms with van der Waals surface area (Å²) in [6.45, 7) is 2.79. The van der Waals surface area contributed by atoms with Crippen molar-refractivity contribution in [3.63, 3.8) is 0 Å². The number of aromatic nitrogens is 1. The molecule has 1 aliphatic rings. The van der Waals surface area contributed by atoms with Crippen LogP contribution in [0.3, 0.4) is 0 Å². The number of carbonyl (C=O) groups excluding carboxylic acids is 2. The first-order valence-electron chi connectivity index (χ1n) is 11.6. The zero-order valence-electron chi connectivity index (χ0n) is 18.5. The van der Waals surface area contributed by atoms with Gasteiger partial charge in [-0.25, -0.2) is 0 Å². The normalized spacial score (nSPS) is 14.5. The quantitative estimate of drug-likeness (QED) is 0.451. The second-order valence-electron chi connectivity index (χ2n) is 8.72. The smallest absolute Gasteiger partial charge is 0.248 e. The van der Waals surface area contributed by atoms with E-state index < -0.39 is 5.91 Å². The van der Waals surface area contributed by atoms with Gasteiger partial charge < -0.3 is 20.9 Å². The van der Waals surface area contributed by atoms with E-state index in [4.69, 9.17) is 5.73 Å². The number of benzene rings is 2. The minimum atomic E-state index is -0.434. The van der Waals surface area contributed by atoms with Crippen molar-refractivity contribution < 1.29 is 9.59 Å². The predicted octanol–water partition coefficient (Wildman–Crippen LogP) is 3.69. The number of amides is 2. The molecule has 0 saturated heterocycles. The second-order valence-corrected chi connectivity index (χ2v) is 8.72. The van der Waals surface area contributed by atoms with Crippen LogP contribution in [0.2, 0.25) is 0 Å². The van der Waals surface area contributed by atoms with E-state index in [0.29, 0.717) is 12.1 Å². The molecule has 168 valence electrons. The summed E-state index contributed by atoms with van der Waals surface area (Å²) in [4.78, 5) is 23.8. The number of primary amides is 1. The third kappa shape index (κ3) is 5.56. The average Bonchev–Trinajstić information content (AvgIpc) is 3.21. The first kappa shape index (κ1) is 22.1. The van der Waals surface area contributed by atoms with Gasteiger partial charge in [-0.15, -0.1) is 0 Å². The summed E-state index contributed by atoms with van der Waals surface area (Å²) in [6.07, 6.45) is 8.70. The number of nitrogens with two attached hydrogens (primary N) is 1. The van der Waals surface area contributed by atoms with Crippen molar-refractivity contribution in [2.75, 3.05) is 19.6 Å². The third-order valence-corrected chi connectivity index (χ3v) is 6.37. The molecule has 4 rings (SSSR count). The first-order valence-corrected chi connectivity index (χ1v) is 11.6. The molecule has 1 aliphatic carbocycles. The Hall–Kier alpha value is -3.12. The maximum atomic E-state index is 12.5. The van der Waals surface area contributed by atoms with E-state index in [9.17, 15) is 9.59 Å². The minimum absolute atomic E-state index is 0.0122. The molecule has 0 bridgehead atoms. The van der Waals surface area contributed by atoms with Crippen molar-refractivity contribution >= 4 is 22.7 Å². The number of rotatable bonds is 9. The van der Waals surface area contributed by atoms with Crippen LogP contribution in [-0.2, 0) is 11.3 Å². The maximum absolute atomic E-state index is 12.5. The van der Waals surface area contributed by atoms with Gasteiger partial charge in [-0.1, -0.05) is 43.5 Å². The van der Waals surface area contributed by atoms with E-state index in [2.05, 4.69) is 22.8 Å². The topological polar surface area (TPSA) is 89.2 Å². The highest BCUT2D eigenvalue weighted by Crippen LogP contribution is 2.26. The van der Waals surface area contributed by atoms with E-state index in [0.717, 1.165) is 41.0 Å². The Kier molecular flexibility index (Phi) is 7.22. The van der Waals surface area contributed by atoms with Crippen molar-refractivity contribution in [2.45, 2.75) is 38.6 Å². The lowest BCUT2D eigenvalue weighted by atomic mass is 9.89. The molecular formula is C26H32N4O2. The van der Waals surface area contributed by atoms with Crippen LogP contribution in [0, 0.1) is 5.92 Å². The Balaban J connectivity index is 1.32. The first-order chi connectivity index (χ1) is 15.6. The van der Waals surface area contributed by atoms with Gasteiger partial charge in [0.15, 0.2) is 0 Å². The number of hydrogen-bond donors (Lipinski definition) is 3. The van der Waals surface area contributed by atoms with Crippen molar-refractivity contribution in [3.05, 3.63) is 60.3 Å². The van der Waals surface area contributed by atoms with Gasteiger partial charge in [0.2, 0.25) is 11.8 Å². The molecule has 1 fully saturated rings. The predicted molar refractivity (Wildman–Crippen MR) is 128 cm³/mol. The average molecular weight is 433 g/mol. The van der Waals surface area contributed by atoms with Gasteiger partial charge >= 0.3 is 0 Å². The summed E-state index contributed by atoms with van der Waals surface area (Å²) in [5.41, 5.74) is 8.85. The molecule has 2 amide bonds. The molecule has 32 heavy (non-hydrogen) atoms. The van der Waals surface area contributed by atoms with Crippen LogP contribution < -0.4 is 16.4 Å². The van der Waals surface area contributed by atoms with Crippen molar-refractivity contribution in [1.82, 2.24) is 15.2 Å². The van der Waals surface area contributed by atoms with E-state index in [1.165, 1.54) is 32.1 Å². The summed E-state index contributed by atoms with van der Waals surface area (Å²) in [7, 11) is 0. The van der Waals surface area contributed by atoms with E-state index >= 15 is 0 Å². The van der Waals surface area contributed by atoms with Gasteiger partial charge in [0.1, 0.15) is 6.54 Å². The Bertz CT molecular complexity index is 1070. The maximum Gasteiger partial charge on any atom is 0.248 e. The number of nitrogens with one attached hydrogen (secondary N) is 2. The lowest BCUT2D eigenvalue weighted by Crippen LogP contribution is -2.35. The molecule has 0 atom stereocenters. The molecular weight excluding hydrogens is 400 g/mol. The SMILES string of the molecule is NC(=O)c1ccc(-c2ccc3ccn(CC(=O)NCCNCC4CCCCC4)c3c2)cc1. The molecule has 0 spiro atoms. The van der Waals surface area contributed by atoms with Crippen LogP contribution >= 0.6 is 0 Å². The summed E-state index contributed by atoms with van der Waals surface area (Å²) >= 11 is 0. The summed E-state index contributed by atoms with van der Waals surface area (Å²) in [6, 6.07) is 15.4. The summed E-state index contributed by atoms with van der Waals surface area (Å²) in [5.74, 6) is 0.376. The highest BCUT2D eigenvalue weighted by atomic mass is 16.2. The number of hydrogen-bond acceptors (Lipinski definition) is 3. The van der Waals surface area contributed by atoms with Crippen LogP contribution in [0.4, 0.5) is 0 Å². The molecule has 6 nitrogen and oxygen atoms in total. The molecule has 2 aromatic carbocycles. The fourth-order valence-electron chi connectivity index (χ4n) is 4.53. The van der Waals surface area contributed by atoms with Gasteiger partial charge in [-0.3, -0.25) is 9.59 Å². The van der Waals surface area contributed by atoms with Crippen molar-refractivity contribution in [3.8, 4) is 11.1 Å². The van der Waals surface area contributed by atoms with Crippen LogP contribution in [0.25, 0.3) is 22.0 Å². The second kappa shape index (κ2) is 10.5. The number of carbonyl (C=O) groups is 2. The van der Waals surface area contributed by atoms with Crippen LogP contribution in [0.15, 0.2) is 54.7 Å².